The standard InChI is InChI=1S/C13H17FN2O3/c1-2-3-4-10(15)12(17)16-11-6-5-8(13(18)19)7-9(11)14/h5-7,10H,2-4,15H2,1H3,(H,16,17)(H,18,19)/t10-/m0/s1. The average Bonchev–Trinajstić information content (AvgIpc) is 2.37. The molecule has 0 aliphatic carbocycles. The van der Waals surface area contributed by atoms with Crippen LogP contribution in [-0.4, -0.2) is 23.0 Å². The summed E-state index contributed by atoms with van der Waals surface area (Å²) < 4.78 is 13.6. The lowest BCUT2D eigenvalue weighted by atomic mass is 10.1. The number of carbonyl (C=O) groups excluding carboxylic acids is 1. The Bertz CT molecular complexity index is 477. The van der Waals surface area contributed by atoms with Crippen LogP contribution < -0.4 is 11.1 Å². The van der Waals surface area contributed by atoms with Gasteiger partial charge < -0.3 is 16.2 Å². The Kier molecular flexibility index (Phi) is 5.44. The number of nitrogens with one attached hydrogen (secondary N) is 1. The largest absolute Gasteiger partial charge is 0.478 e. The monoisotopic (exact) mass is 268 g/mol. The Balaban J connectivity index is 2.72. The Hall–Kier alpha value is -1.95. The summed E-state index contributed by atoms with van der Waals surface area (Å²) in [6.07, 6.45) is 2.26. The molecule has 19 heavy (non-hydrogen) atoms. The fourth-order valence-corrected chi connectivity index (χ4v) is 1.53. The van der Waals surface area contributed by atoms with E-state index in [9.17, 15) is 14.0 Å². The zero-order chi connectivity index (χ0) is 14.4. The Labute approximate surface area is 110 Å². The average molecular weight is 268 g/mol. The number of carboxylic acid groups (broad SMARTS) is 1. The molecule has 104 valence electrons. The van der Waals surface area contributed by atoms with Crippen molar-refractivity contribution in [2.75, 3.05) is 5.32 Å². The number of hydrogen-bond acceptors (Lipinski definition) is 3. The van der Waals surface area contributed by atoms with Gasteiger partial charge in [0.1, 0.15) is 5.82 Å². The number of aromatic carboxylic acids is 1. The lowest BCUT2D eigenvalue weighted by Gasteiger charge is -2.12. The highest BCUT2D eigenvalue weighted by Crippen LogP contribution is 2.16. The van der Waals surface area contributed by atoms with Gasteiger partial charge in [0.15, 0.2) is 0 Å². The highest BCUT2D eigenvalue weighted by molar-refractivity contribution is 5.95. The number of carbonyl (C=O) groups is 2. The van der Waals surface area contributed by atoms with Crippen molar-refractivity contribution in [2.24, 2.45) is 5.73 Å². The molecule has 0 fully saturated rings. The van der Waals surface area contributed by atoms with E-state index in [1.807, 2.05) is 6.92 Å². The van der Waals surface area contributed by atoms with Crippen LogP contribution in [0.1, 0.15) is 36.5 Å². The number of rotatable bonds is 6. The van der Waals surface area contributed by atoms with E-state index in [1.165, 1.54) is 12.1 Å². The van der Waals surface area contributed by atoms with Crippen molar-refractivity contribution in [1.82, 2.24) is 0 Å². The Morgan fingerprint density at radius 1 is 1.47 bits per heavy atom. The smallest absolute Gasteiger partial charge is 0.335 e. The fourth-order valence-electron chi connectivity index (χ4n) is 1.53. The number of anilines is 1. The zero-order valence-electron chi connectivity index (χ0n) is 10.6. The minimum Gasteiger partial charge on any atom is -0.478 e. The van der Waals surface area contributed by atoms with Gasteiger partial charge >= 0.3 is 5.97 Å². The zero-order valence-corrected chi connectivity index (χ0v) is 10.6. The van der Waals surface area contributed by atoms with Crippen LogP contribution in [0.5, 0.6) is 0 Å². The molecule has 0 bridgehead atoms. The van der Waals surface area contributed by atoms with E-state index >= 15 is 0 Å². The van der Waals surface area contributed by atoms with E-state index in [1.54, 1.807) is 0 Å². The lowest BCUT2D eigenvalue weighted by Crippen LogP contribution is -2.35. The molecule has 0 aromatic heterocycles. The molecule has 4 N–H and O–H groups in total. The van der Waals surface area contributed by atoms with Crippen LogP contribution in [0.15, 0.2) is 18.2 Å². The predicted octanol–water partition coefficient (Wildman–Crippen LogP) is 1.98. The van der Waals surface area contributed by atoms with E-state index in [4.69, 9.17) is 10.8 Å². The van der Waals surface area contributed by atoms with Crippen molar-refractivity contribution in [3.8, 4) is 0 Å². The molecule has 1 atom stereocenters. The van der Waals surface area contributed by atoms with Crippen LogP contribution in [0, 0.1) is 5.82 Å². The Morgan fingerprint density at radius 2 is 2.16 bits per heavy atom. The van der Waals surface area contributed by atoms with E-state index in [2.05, 4.69) is 5.32 Å². The summed E-state index contributed by atoms with van der Waals surface area (Å²) in [6, 6.07) is 2.59. The number of unbranched alkanes of at least 4 members (excludes halogenated alkanes) is 1. The topological polar surface area (TPSA) is 92.4 Å². The number of carboxylic acids is 1. The van der Waals surface area contributed by atoms with Crippen LogP contribution in [-0.2, 0) is 4.79 Å². The van der Waals surface area contributed by atoms with Gasteiger partial charge in [-0.1, -0.05) is 19.8 Å². The van der Waals surface area contributed by atoms with E-state index < -0.39 is 23.7 Å². The van der Waals surface area contributed by atoms with Gasteiger partial charge in [0.05, 0.1) is 17.3 Å². The minimum absolute atomic E-state index is 0.0676. The van der Waals surface area contributed by atoms with Crippen LogP contribution >= 0.6 is 0 Å². The molecular formula is C13H17FN2O3. The molecule has 1 aromatic rings. The van der Waals surface area contributed by atoms with Crippen LogP contribution in [0.25, 0.3) is 0 Å². The first-order chi connectivity index (χ1) is 8.95. The van der Waals surface area contributed by atoms with Crippen molar-refractivity contribution in [1.29, 1.82) is 0 Å². The SMILES string of the molecule is CCCC[C@H](N)C(=O)Nc1ccc(C(=O)O)cc1F. The Morgan fingerprint density at radius 3 is 2.68 bits per heavy atom. The van der Waals surface area contributed by atoms with Crippen molar-refractivity contribution in [2.45, 2.75) is 32.2 Å². The molecule has 0 aliphatic rings. The summed E-state index contributed by atoms with van der Waals surface area (Å²) in [7, 11) is 0. The molecule has 0 saturated heterocycles. The quantitative estimate of drug-likeness (QED) is 0.735. The maximum Gasteiger partial charge on any atom is 0.335 e. The second-order valence-corrected chi connectivity index (χ2v) is 4.24. The number of benzene rings is 1. The first-order valence-corrected chi connectivity index (χ1v) is 6.05. The van der Waals surface area contributed by atoms with Crippen molar-refractivity contribution < 1.29 is 19.1 Å². The first kappa shape index (κ1) is 15.1. The molecule has 0 saturated carbocycles. The van der Waals surface area contributed by atoms with E-state index in [0.717, 1.165) is 18.9 Å². The van der Waals surface area contributed by atoms with E-state index in [-0.39, 0.29) is 11.3 Å². The summed E-state index contributed by atoms with van der Waals surface area (Å²) in [5.41, 5.74) is 5.41. The van der Waals surface area contributed by atoms with Crippen LogP contribution in [0.3, 0.4) is 0 Å². The summed E-state index contributed by atoms with van der Waals surface area (Å²) in [4.78, 5) is 22.3. The molecule has 0 spiro atoms. The lowest BCUT2D eigenvalue weighted by molar-refractivity contribution is -0.117. The second-order valence-electron chi connectivity index (χ2n) is 4.24. The normalized spacial score (nSPS) is 11.9. The van der Waals surface area contributed by atoms with Crippen molar-refractivity contribution in [3.05, 3.63) is 29.6 Å². The van der Waals surface area contributed by atoms with Crippen molar-refractivity contribution >= 4 is 17.6 Å². The molecule has 0 radical (unpaired) electrons. The third-order valence-corrected chi connectivity index (χ3v) is 2.68. The number of nitrogens with two attached hydrogens (primary N) is 1. The van der Waals surface area contributed by atoms with Gasteiger partial charge in [0.25, 0.3) is 0 Å². The number of amides is 1. The molecule has 0 aliphatic heterocycles. The molecule has 0 heterocycles. The molecule has 1 amide bonds. The fraction of sp³-hybridized carbons (Fsp3) is 0.385. The van der Waals surface area contributed by atoms with Gasteiger partial charge in [0.2, 0.25) is 5.91 Å². The van der Waals surface area contributed by atoms with E-state index in [0.29, 0.717) is 6.42 Å². The summed E-state index contributed by atoms with van der Waals surface area (Å²) in [6.45, 7) is 1.98. The summed E-state index contributed by atoms with van der Waals surface area (Å²) >= 11 is 0. The summed E-state index contributed by atoms with van der Waals surface area (Å²) in [5.74, 6) is -2.50. The highest BCUT2D eigenvalue weighted by atomic mass is 19.1. The number of halogens is 1. The van der Waals surface area contributed by atoms with Gasteiger partial charge in [-0.05, 0) is 24.6 Å². The van der Waals surface area contributed by atoms with Gasteiger partial charge in [-0.15, -0.1) is 0 Å². The molecule has 1 aromatic carbocycles. The minimum atomic E-state index is -1.23. The highest BCUT2D eigenvalue weighted by Gasteiger charge is 2.15. The third kappa shape index (κ3) is 4.33. The number of hydrogen-bond donors (Lipinski definition) is 3. The maximum absolute atomic E-state index is 13.6. The molecule has 5 nitrogen and oxygen atoms in total. The summed E-state index contributed by atoms with van der Waals surface area (Å²) in [5, 5.41) is 11.0. The molecular weight excluding hydrogens is 251 g/mol. The van der Waals surface area contributed by atoms with Gasteiger partial charge in [-0.25, -0.2) is 9.18 Å². The van der Waals surface area contributed by atoms with Gasteiger partial charge in [-0.3, -0.25) is 4.79 Å². The molecule has 1 rings (SSSR count). The third-order valence-electron chi connectivity index (χ3n) is 2.68. The second kappa shape index (κ2) is 6.84. The van der Waals surface area contributed by atoms with Crippen LogP contribution in [0.2, 0.25) is 0 Å². The van der Waals surface area contributed by atoms with Crippen molar-refractivity contribution in [3.63, 3.8) is 0 Å². The van der Waals surface area contributed by atoms with Gasteiger partial charge in [-0.2, -0.15) is 0 Å². The first-order valence-electron chi connectivity index (χ1n) is 6.05. The molecule has 6 heteroatoms. The molecule has 0 unspecified atom stereocenters. The van der Waals surface area contributed by atoms with Crippen LogP contribution in [0.4, 0.5) is 10.1 Å². The van der Waals surface area contributed by atoms with Gasteiger partial charge in [0, 0.05) is 0 Å². The predicted molar refractivity (Wildman–Crippen MR) is 69.5 cm³/mol. The maximum atomic E-state index is 13.6.